The zero-order valence-electron chi connectivity index (χ0n) is 5.71. The molecule has 0 aromatic rings. The van der Waals surface area contributed by atoms with E-state index in [9.17, 15) is 4.79 Å². The van der Waals surface area contributed by atoms with E-state index in [4.69, 9.17) is 16.6 Å². The summed E-state index contributed by atoms with van der Waals surface area (Å²) in [6, 6.07) is -0.865. The molecule has 0 bridgehead atoms. The molecular formula is C6H12N2O2. The number of nitrogens with two attached hydrogens (primary N) is 2. The molecule has 0 radical (unpaired) electrons. The summed E-state index contributed by atoms with van der Waals surface area (Å²) in [7, 11) is 0. The Morgan fingerprint density at radius 2 is 2.20 bits per heavy atom. The Morgan fingerprint density at radius 3 is 2.50 bits per heavy atom. The molecule has 0 unspecified atom stereocenters. The Labute approximate surface area is 59.5 Å². The van der Waals surface area contributed by atoms with Gasteiger partial charge in [-0.1, -0.05) is 12.2 Å². The molecule has 1 atom stereocenters. The second-order valence-corrected chi connectivity index (χ2v) is 2.10. The summed E-state index contributed by atoms with van der Waals surface area (Å²) in [6.45, 7) is 3.82. The Bertz CT molecular complexity index is 145. The Hall–Kier alpha value is -0.870. The molecule has 4 nitrogen and oxygen atoms in total. The van der Waals surface area contributed by atoms with E-state index in [1.165, 1.54) is 0 Å². The number of hydrogen-bond acceptors (Lipinski definition) is 3. The minimum Gasteiger partial charge on any atom is -0.480 e. The van der Waals surface area contributed by atoms with Gasteiger partial charge in [0.15, 0.2) is 0 Å². The summed E-state index contributed by atoms with van der Waals surface area (Å²) in [5.41, 5.74) is 11.0. The molecule has 0 saturated heterocycles. The van der Waals surface area contributed by atoms with E-state index < -0.39 is 12.0 Å². The van der Waals surface area contributed by atoms with Gasteiger partial charge in [0.05, 0.1) is 0 Å². The lowest BCUT2D eigenvalue weighted by atomic mass is 10.1. The van der Waals surface area contributed by atoms with E-state index in [-0.39, 0.29) is 6.42 Å². The lowest BCUT2D eigenvalue weighted by Crippen LogP contribution is -2.31. The van der Waals surface area contributed by atoms with Crippen LogP contribution in [0.3, 0.4) is 0 Å². The van der Waals surface area contributed by atoms with Gasteiger partial charge >= 0.3 is 5.97 Å². The molecule has 0 heterocycles. The SMILES string of the molecule is C=C(CN)C[C@@H](N)C(=O)O. The van der Waals surface area contributed by atoms with Gasteiger partial charge < -0.3 is 16.6 Å². The first-order chi connectivity index (χ1) is 4.57. The van der Waals surface area contributed by atoms with Crippen molar-refractivity contribution >= 4 is 5.97 Å². The third kappa shape index (κ3) is 3.21. The van der Waals surface area contributed by atoms with Crippen LogP contribution in [0.4, 0.5) is 0 Å². The summed E-state index contributed by atoms with van der Waals surface area (Å²) < 4.78 is 0. The Balaban J connectivity index is 3.68. The van der Waals surface area contributed by atoms with Crippen molar-refractivity contribution in [1.82, 2.24) is 0 Å². The monoisotopic (exact) mass is 144 g/mol. The van der Waals surface area contributed by atoms with Crippen LogP contribution in [0.25, 0.3) is 0 Å². The molecule has 0 fully saturated rings. The van der Waals surface area contributed by atoms with Crippen molar-refractivity contribution in [2.75, 3.05) is 6.54 Å². The van der Waals surface area contributed by atoms with Gasteiger partial charge in [0.2, 0.25) is 0 Å². The lowest BCUT2D eigenvalue weighted by molar-refractivity contribution is -0.138. The van der Waals surface area contributed by atoms with Crippen LogP contribution in [-0.4, -0.2) is 23.7 Å². The van der Waals surface area contributed by atoms with E-state index in [1.807, 2.05) is 0 Å². The maximum atomic E-state index is 10.1. The first-order valence-electron chi connectivity index (χ1n) is 2.93. The van der Waals surface area contributed by atoms with Crippen molar-refractivity contribution in [3.8, 4) is 0 Å². The molecule has 4 heteroatoms. The molecule has 0 aliphatic carbocycles. The fraction of sp³-hybridized carbons (Fsp3) is 0.500. The average Bonchev–Trinajstić information content (AvgIpc) is 1.87. The molecule has 58 valence electrons. The first kappa shape index (κ1) is 9.13. The number of carbonyl (C=O) groups is 1. The maximum Gasteiger partial charge on any atom is 0.320 e. The number of carboxylic acid groups (broad SMARTS) is 1. The highest BCUT2D eigenvalue weighted by atomic mass is 16.4. The van der Waals surface area contributed by atoms with Gasteiger partial charge in [0, 0.05) is 6.54 Å². The maximum absolute atomic E-state index is 10.1. The zero-order chi connectivity index (χ0) is 8.15. The van der Waals surface area contributed by atoms with Crippen molar-refractivity contribution < 1.29 is 9.90 Å². The smallest absolute Gasteiger partial charge is 0.320 e. The van der Waals surface area contributed by atoms with E-state index >= 15 is 0 Å². The van der Waals surface area contributed by atoms with E-state index in [0.29, 0.717) is 12.1 Å². The molecule has 0 aliphatic rings. The predicted octanol–water partition coefficient (Wildman–Crippen LogP) is -0.697. The highest BCUT2D eigenvalue weighted by molar-refractivity contribution is 5.73. The van der Waals surface area contributed by atoms with Crippen LogP contribution in [0.5, 0.6) is 0 Å². The van der Waals surface area contributed by atoms with Gasteiger partial charge in [-0.2, -0.15) is 0 Å². The quantitative estimate of drug-likeness (QED) is 0.455. The van der Waals surface area contributed by atoms with Gasteiger partial charge in [-0.3, -0.25) is 4.79 Å². The van der Waals surface area contributed by atoms with Crippen LogP contribution in [0.1, 0.15) is 6.42 Å². The van der Waals surface area contributed by atoms with Gasteiger partial charge in [-0.15, -0.1) is 0 Å². The van der Waals surface area contributed by atoms with Crippen LogP contribution >= 0.6 is 0 Å². The Morgan fingerprint density at radius 1 is 1.70 bits per heavy atom. The summed E-state index contributed by atoms with van der Waals surface area (Å²) in [5.74, 6) is -1.02. The predicted molar refractivity (Wildman–Crippen MR) is 38.4 cm³/mol. The fourth-order valence-electron chi connectivity index (χ4n) is 0.482. The van der Waals surface area contributed by atoms with Crippen molar-refractivity contribution in [2.45, 2.75) is 12.5 Å². The first-order valence-corrected chi connectivity index (χ1v) is 2.93. The van der Waals surface area contributed by atoms with E-state index in [1.54, 1.807) is 0 Å². The minimum absolute atomic E-state index is 0.256. The number of rotatable bonds is 4. The number of aliphatic carboxylic acids is 1. The van der Waals surface area contributed by atoms with Crippen LogP contribution < -0.4 is 11.5 Å². The molecular weight excluding hydrogens is 132 g/mol. The van der Waals surface area contributed by atoms with Gasteiger partial charge in [0.1, 0.15) is 6.04 Å². The largest absolute Gasteiger partial charge is 0.480 e. The molecule has 0 rings (SSSR count). The normalized spacial score (nSPS) is 12.6. The second kappa shape index (κ2) is 4.03. The average molecular weight is 144 g/mol. The van der Waals surface area contributed by atoms with Crippen molar-refractivity contribution in [2.24, 2.45) is 11.5 Å². The number of hydrogen-bond donors (Lipinski definition) is 3. The number of carboxylic acids is 1. The minimum atomic E-state index is -1.02. The van der Waals surface area contributed by atoms with E-state index in [0.717, 1.165) is 0 Å². The van der Waals surface area contributed by atoms with Crippen LogP contribution in [0.2, 0.25) is 0 Å². The van der Waals surface area contributed by atoms with Gasteiger partial charge in [0.25, 0.3) is 0 Å². The molecule has 0 spiro atoms. The van der Waals surface area contributed by atoms with Crippen LogP contribution in [-0.2, 0) is 4.79 Å². The lowest BCUT2D eigenvalue weighted by Gasteiger charge is -2.05. The third-order valence-corrected chi connectivity index (χ3v) is 1.11. The molecule has 10 heavy (non-hydrogen) atoms. The molecule has 5 N–H and O–H groups in total. The zero-order valence-corrected chi connectivity index (χ0v) is 5.71. The topological polar surface area (TPSA) is 89.3 Å². The molecule has 0 saturated carbocycles. The summed E-state index contributed by atoms with van der Waals surface area (Å²) in [4.78, 5) is 10.1. The Kier molecular flexibility index (Phi) is 3.68. The second-order valence-electron chi connectivity index (χ2n) is 2.10. The van der Waals surface area contributed by atoms with Crippen molar-refractivity contribution in [3.05, 3.63) is 12.2 Å². The summed E-state index contributed by atoms with van der Waals surface area (Å²) in [5, 5.41) is 8.32. The van der Waals surface area contributed by atoms with Crippen LogP contribution in [0, 0.1) is 0 Å². The van der Waals surface area contributed by atoms with Gasteiger partial charge in [-0.05, 0) is 6.42 Å². The van der Waals surface area contributed by atoms with Crippen LogP contribution in [0.15, 0.2) is 12.2 Å². The van der Waals surface area contributed by atoms with Gasteiger partial charge in [-0.25, -0.2) is 0 Å². The fourth-order valence-corrected chi connectivity index (χ4v) is 0.482. The highest BCUT2D eigenvalue weighted by Crippen LogP contribution is 1.98. The molecule has 0 aromatic heterocycles. The molecule has 0 amide bonds. The summed E-state index contributed by atoms with van der Waals surface area (Å²) >= 11 is 0. The highest BCUT2D eigenvalue weighted by Gasteiger charge is 2.11. The van der Waals surface area contributed by atoms with E-state index in [2.05, 4.69) is 6.58 Å². The molecule has 0 aliphatic heterocycles. The molecule has 0 aromatic carbocycles. The third-order valence-electron chi connectivity index (χ3n) is 1.11. The van der Waals surface area contributed by atoms with Crippen molar-refractivity contribution in [1.29, 1.82) is 0 Å². The summed E-state index contributed by atoms with van der Waals surface area (Å²) in [6.07, 6.45) is 0.256. The van der Waals surface area contributed by atoms with Crippen molar-refractivity contribution in [3.63, 3.8) is 0 Å². The standard InChI is InChI=1S/C6H12N2O2/c1-4(3-7)2-5(8)6(9)10/h5H,1-3,7-8H2,(H,9,10)/t5-/m1/s1.